The molecule has 0 saturated carbocycles. The van der Waals surface area contributed by atoms with Gasteiger partial charge in [-0.05, 0) is 24.6 Å². The standard InChI is InChI=1S/C17H20N6.2C2HF3O2/c1-2-6-18-15(5-1)11-21-8-4-9-22-14-19-16(17(22)13-21)12-23-10-3-7-20-23;2*3-2(4,5)1(6)7/h1-3,5-7,10,14H,4,8-9,11-13H2;2*(H,6,7). The third-order valence-corrected chi connectivity index (χ3v) is 4.75. The van der Waals surface area contributed by atoms with Crippen LogP contribution < -0.4 is 0 Å². The fraction of sp³-hybridized carbons (Fsp3) is 0.381. The van der Waals surface area contributed by atoms with Crippen LogP contribution in [-0.2, 0) is 35.8 Å². The molecule has 0 amide bonds. The van der Waals surface area contributed by atoms with Crippen LogP contribution in [0.1, 0.15) is 23.5 Å². The number of nitrogens with zero attached hydrogens (tertiary/aromatic N) is 6. The average Bonchev–Trinajstić information content (AvgIpc) is 3.40. The van der Waals surface area contributed by atoms with E-state index in [-0.39, 0.29) is 0 Å². The molecule has 37 heavy (non-hydrogen) atoms. The minimum absolute atomic E-state index is 0.729. The molecule has 0 fully saturated rings. The Hall–Kier alpha value is -3.95. The molecule has 202 valence electrons. The van der Waals surface area contributed by atoms with Gasteiger partial charge in [0.05, 0.1) is 30.0 Å². The Morgan fingerprint density at radius 3 is 2.05 bits per heavy atom. The highest BCUT2D eigenvalue weighted by Crippen LogP contribution is 2.18. The van der Waals surface area contributed by atoms with Crippen molar-refractivity contribution >= 4 is 11.9 Å². The van der Waals surface area contributed by atoms with E-state index in [1.165, 1.54) is 5.69 Å². The molecule has 10 nitrogen and oxygen atoms in total. The second-order valence-electron chi connectivity index (χ2n) is 7.53. The van der Waals surface area contributed by atoms with Crippen LogP contribution in [0, 0.1) is 0 Å². The fourth-order valence-corrected chi connectivity index (χ4v) is 3.11. The number of aryl methyl sites for hydroxylation is 1. The first-order valence-corrected chi connectivity index (χ1v) is 10.5. The van der Waals surface area contributed by atoms with E-state index in [9.17, 15) is 26.3 Å². The van der Waals surface area contributed by atoms with Crippen molar-refractivity contribution in [2.75, 3.05) is 6.54 Å². The molecule has 3 aromatic rings. The molecule has 0 aromatic carbocycles. The van der Waals surface area contributed by atoms with E-state index in [0.717, 1.165) is 50.5 Å². The number of aromatic nitrogens is 5. The van der Waals surface area contributed by atoms with Gasteiger partial charge in [-0.2, -0.15) is 31.4 Å². The third kappa shape index (κ3) is 9.91. The van der Waals surface area contributed by atoms with Crippen LogP contribution in [0.5, 0.6) is 0 Å². The number of carboxylic acids is 2. The van der Waals surface area contributed by atoms with Gasteiger partial charge in [-0.1, -0.05) is 6.07 Å². The Labute approximate surface area is 205 Å². The zero-order valence-electron chi connectivity index (χ0n) is 19.0. The van der Waals surface area contributed by atoms with Crippen LogP contribution in [0.25, 0.3) is 0 Å². The summed E-state index contributed by atoms with van der Waals surface area (Å²) < 4.78 is 67.7. The minimum atomic E-state index is -5.08. The maximum absolute atomic E-state index is 10.6. The summed E-state index contributed by atoms with van der Waals surface area (Å²) in [4.78, 5) is 29.3. The summed E-state index contributed by atoms with van der Waals surface area (Å²) in [6, 6.07) is 8.05. The van der Waals surface area contributed by atoms with E-state index in [1.807, 2.05) is 47.8 Å². The molecule has 2 N–H and O–H groups in total. The van der Waals surface area contributed by atoms with Gasteiger partial charge in [-0.15, -0.1) is 0 Å². The van der Waals surface area contributed by atoms with Crippen molar-refractivity contribution in [2.45, 2.75) is 45.0 Å². The summed E-state index contributed by atoms with van der Waals surface area (Å²) in [7, 11) is 0. The molecule has 0 saturated heterocycles. The average molecular weight is 536 g/mol. The Kier molecular flexibility index (Phi) is 10.2. The van der Waals surface area contributed by atoms with Gasteiger partial charge < -0.3 is 14.8 Å². The smallest absolute Gasteiger partial charge is 0.475 e. The minimum Gasteiger partial charge on any atom is -0.475 e. The molecule has 3 aromatic heterocycles. The molecule has 4 heterocycles. The SMILES string of the molecule is O=C(O)C(F)(F)F.O=C(O)C(F)(F)F.c1ccc(CN2CCCn3cnc(Cn4cccn4)c3C2)nc1. The number of hydrogen-bond donors (Lipinski definition) is 2. The number of carbonyl (C=O) groups is 2. The van der Waals surface area contributed by atoms with Gasteiger partial charge in [0.15, 0.2) is 0 Å². The number of imidazole rings is 1. The predicted molar refractivity (Wildman–Crippen MR) is 114 cm³/mol. The van der Waals surface area contributed by atoms with Gasteiger partial charge in [-0.3, -0.25) is 14.6 Å². The van der Waals surface area contributed by atoms with Crippen LogP contribution in [0.2, 0.25) is 0 Å². The van der Waals surface area contributed by atoms with Crippen molar-refractivity contribution in [3.8, 4) is 0 Å². The van der Waals surface area contributed by atoms with Gasteiger partial charge in [0.25, 0.3) is 0 Å². The lowest BCUT2D eigenvalue weighted by Gasteiger charge is -2.19. The molecule has 1 aliphatic heterocycles. The zero-order chi connectivity index (χ0) is 27.6. The topological polar surface area (TPSA) is 126 Å². The van der Waals surface area contributed by atoms with Gasteiger partial charge in [0.2, 0.25) is 0 Å². The monoisotopic (exact) mass is 536 g/mol. The largest absolute Gasteiger partial charge is 0.490 e. The molecule has 16 heteroatoms. The number of rotatable bonds is 4. The number of pyridine rings is 1. The number of hydrogen-bond acceptors (Lipinski definition) is 6. The van der Waals surface area contributed by atoms with E-state index in [0.29, 0.717) is 0 Å². The summed E-state index contributed by atoms with van der Waals surface area (Å²) in [5.41, 5.74) is 3.53. The van der Waals surface area contributed by atoms with Crippen molar-refractivity contribution < 1.29 is 46.1 Å². The molecule has 4 rings (SSSR count). The lowest BCUT2D eigenvalue weighted by Crippen LogP contribution is -2.24. The number of fused-ring (bicyclic) bond motifs is 1. The second-order valence-corrected chi connectivity index (χ2v) is 7.53. The van der Waals surface area contributed by atoms with Gasteiger partial charge >= 0.3 is 24.3 Å². The second kappa shape index (κ2) is 12.8. The Morgan fingerprint density at radius 2 is 1.54 bits per heavy atom. The van der Waals surface area contributed by atoms with E-state index in [1.54, 1.807) is 0 Å². The maximum atomic E-state index is 10.6. The lowest BCUT2D eigenvalue weighted by atomic mass is 10.2. The van der Waals surface area contributed by atoms with Crippen LogP contribution in [-0.4, -0.2) is 70.3 Å². The van der Waals surface area contributed by atoms with Crippen molar-refractivity contribution in [1.82, 2.24) is 29.2 Å². The molecular formula is C21H22F6N6O4. The van der Waals surface area contributed by atoms with Gasteiger partial charge in [0, 0.05) is 44.8 Å². The Balaban J connectivity index is 0.000000286. The number of alkyl halides is 6. The van der Waals surface area contributed by atoms with Crippen LogP contribution in [0.4, 0.5) is 26.3 Å². The van der Waals surface area contributed by atoms with Crippen LogP contribution in [0.15, 0.2) is 49.2 Å². The Bertz CT molecular complexity index is 1110. The first-order chi connectivity index (χ1) is 17.3. The highest BCUT2D eigenvalue weighted by atomic mass is 19.4. The molecule has 0 spiro atoms. The molecule has 0 bridgehead atoms. The molecule has 0 aliphatic carbocycles. The summed E-state index contributed by atoms with van der Waals surface area (Å²) in [6.07, 6.45) is -1.41. The van der Waals surface area contributed by atoms with Crippen molar-refractivity contribution in [3.05, 3.63) is 66.3 Å². The van der Waals surface area contributed by atoms with E-state index >= 15 is 0 Å². The van der Waals surface area contributed by atoms with Crippen LogP contribution >= 0.6 is 0 Å². The molecule has 0 unspecified atom stereocenters. The van der Waals surface area contributed by atoms with Gasteiger partial charge in [0.1, 0.15) is 0 Å². The van der Waals surface area contributed by atoms with Crippen LogP contribution in [0.3, 0.4) is 0 Å². The maximum Gasteiger partial charge on any atom is 0.490 e. The van der Waals surface area contributed by atoms with E-state index in [2.05, 4.69) is 30.6 Å². The predicted octanol–water partition coefficient (Wildman–Crippen LogP) is 3.20. The molecule has 1 aliphatic rings. The summed E-state index contributed by atoms with van der Waals surface area (Å²) >= 11 is 0. The molecule has 0 atom stereocenters. The van der Waals surface area contributed by atoms with Crippen molar-refractivity contribution in [2.24, 2.45) is 0 Å². The summed E-state index contributed by atoms with van der Waals surface area (Å²) in [6.45, 7) is 4.63. The summed E-state index contributed by atoms with van der Waals surface area (Å²) in [5, 5.41) is 18.5. The highest BCUT2D eigenvalue weighted by Gasteiger charge is 2.38. The lowest BCUT2D eigenvalue weighted by molar-refractivity contribution is -0.193. The third-order valence-electron chi connectivity index (χ3n) is 4.75. The van der Waals surface area contributed by atoms with Gasteiger partial charge in [-0.25, -0.2) is 14.6 Å². The highest BCUT2D eigenvalue weighted by molar-refractivity contribution is 5.73. The fourth-order valence-electron chi connectivity index (χ4n) is 3.11. The first-order valence-electron chi connectivity index (χ1n) is 10.5. The quantitative estimate of drug-likeness (QED) is 0.487. The summed E-state index contributed by atoms with van der Waals surface area (Å²) in [5.74, 6) is -5.51. The number of carboxylic acid groups (broad SMARTS) is 2. The van der Waals surface area contributed by atoms with Crippen molar-refractivity contribution in [1.29, 1.82) is 0 Å². The zero-order valence-corrected chi connectivity index (χ0v) is 19.0. The number of halogens is 6. The Morgan fingerprint density at radius 1 is 0.892 bits per heavy atom. The van der Waals surface area contributed by atoms with E-state index < -0.39 is 24.3 Å². The van der Waals surface area contributed by atoms with E-state index in [4.69, 9.17) is 19.8 Å². The number of aliphatic carboxylic acids is 2. The normalized spacial score (nSPS) is 13.8. The first kappa shape index (κ1) is 29.3. The molecule has 0 radical (unpaired) electrons. The molecular weight excluding hydrogens is 514 g/mol. The van der Waals surface area contributed by atoms with Crippen molar-refractivity contribution in [3.63, 3.8) is 0 Å².